The highest BCUT2D eigenvalue weighted by atomic mass is 16.5. The van der Waals surface area contributed by atoms with E-state index in [-0.39, 0.29) is 0 Å². The molecule has 3 heterocycles. The topological polar surface area (TPSA) is 32.8 Å². The van der Waals surface area contributed by atoms with Gasteiger partial charge in [-0.15, -0.1) is 0 Å². The van der Waals surface area contributed by atoms with Gasteiger partial charge in [0.2, 0.25) is 5.91 Å². The standard InChI is InChI=1S/C16H28N2O2/c19-16(18-7-1-2-8-18)15-5-9-17(10-6-15)12-14-4-3-11-20-13-14/h14-15H,1-13H2. The van der Waals surface area contributed by atoms with E-state index in [1.165, 1.54) is 32.2 Å². The van der Waals surface area contributed by atoms with Crippen molar-refractivity contribution in [3.05, 3.63) is 0 Å². The Morgan fingerprint density at radius 1 is 1.00 bits per heavy atom. The van der Waals surface area contributed by atoms with Gasteiger partial charge in [0.05, 0.1) is 6.61 Å². The predicted octanol–water partition coefficient (Wildman–Crippen LogP) is 1.75. The lowest BCUT2D eigenvalue weighted by Gasteiger charge is -2.35. The van der Waals surface area contributed by atoms with Crippen LogP contribution < -0.4 is 0 Å². The van der Waals surface area contributed by atoms with Gasteiger partial charge in [0.25, 0.3) is 0 Å². The van der Waals surface area contributed by atoms with Gasteiger partial charge in [-0.2, -0.15) is 0 Å². The summed E-state index contributed by atoms with van der Waals surface area (Å²) in [5, 5.41) is 0. The molecule has 1 amide bonds. The van der Waals surface area contributed by atoms with Crippen molar-refractivity contribution in [2.24, 2.45) is 11.8 Å². The van der Waals surface area contributed by atoms with E-state index in [0.717, 1.165) is 58.2 Å². The first-order chi connectivity index (χ1) is 9.83. The second-order valence-electron chi connectivity index (χ2n) is 6.69. The molecule has 1 unspecified atom stereocenters. The second kappa shape index (κ2) is 6.90. The molecular formula is C16H28N2O2. The Hall–Kier alpha value is -0.610. The van der Waals surface area contributed by atoms with Crippen LogP contribution in [0.2, 0.25) is 0 Å². The van der Waals surface area contributed by atoms with Crippen molar-refractivity contribution in [2.45, 2.75) is 38.5 Å². The van der Waals surface area contributed by atoms with Crippen LogP contribution in [0.5, 0.6) is 0 Å². The minimum atomic E-state index is 0.298. The van der Waals surface area contributed by atoms with Crippen LogP contribution in [0, 0.1) is 11.8 Å². The molecule has 3 saturated heterocycles. The molecule has 0 aromatic heterocycles. The van der Waals surface area contributed by atoms with Gasteiger partial charge in [-0.3, -0.25) is 4.79 Å². The molecule has 0 spiro atoms. The summed E-state index contributed by atoms with van der Waals surface area (Å²) in [5.74, 6) is 1.45. The van der Waals surface area contributed by atoms with Crippen molar-refractivity contribution in [2.75, 3.05) is 45.9 Å². The number of rotatable bonds is 3. The van der Waals surface area contributed by atoms with Gasteiger partial charge in [-0.1, -0.05) is 0 Å². The number of ether oxygens (including phenoxy) is 1. The highest BCUT2D eigenvalue weighted by Gasteiger charge is 2.30. The van der Waals surface area contributed by atoms with Crippen LogP contribution in [0.3, 0.4) is 0 Å². The molecule has 0 aromatic rings. The Morgan fingerprint density at radius 2 is 1.75 bits per heavy atom. The molecule has 0 N–H and O–H groups in total. The van der Waals surface area contributed by atoms with Gasteiger partial charge in [-0.05, 0) is 57.5 Å². The van der Waals surface area contributed by atoms with Crippen molar-refractivity contribution < 1.29 is 9.53 Å². The maximum atomic E-state index is 12.4. The Labute approximate surface area is 122 Å². The van der Waals surface area contributed by atoms with E-state index in [1.54, 1.807) is 0 Å². The van der Waals surface area contributed by atoms with Crippen LogP contribution in [0.4, 0.5) is 0 Å². The smallest absolute Gasteiger partial charge is 0.225 e. The van der Waals surface area contributed by atoms with Crippen molar-refractivity contribution >= 4 is 5.91 Å². The summed E-state index contributed by atoms with van der Waals surface area (Å²) in [6.45, 7) is 7.25. The quantitative estimate of drug-likeness (QED) is 0.789. The summed E-state index contributed by atoms with van der Waals surface area (Å²) < 4.78 is 5.56. The van der Waals surface area contributed by atoms with Gasteiger partial charge in [-0.25, -0.2) is 0 Å². The maximum Gasteiger partial charge on any atom is 0.225 e. The van der Waals surface area contributed by atoms with Crippen LogP contribution in [0.1, 0.15) is 38.5 Å². The fourth-order valence-electron chi connectivity index (χ4n) is 3.87. The molecule has 3 aliphatic rings. The number of amides is 1. The first kappa shape index (κ1) is 14.3. The van der Waals surface area contributed by atoms with E-state index >= 15 is 0 Å². The molecule has 0 aromatic carbocycles. The van der Waals surface area contributed by atoms with Crippen molar-refractivity contribution in [3.8, 4) is 0 Å². The number of carbonyl (C=O) groups is 1. The number of hydrogen-bond acceptors (Lipinski definition) is 3. The van der Waals surface area contributed by atoms with E-state index in [4.69, 9.17) is 4.74 Å². The van der Waals surface area contributed by atoms with Crippen molar-refractivity contribution in [3.63, 3.8) is 0 Å². The molecule has 3 aliphatic heterocycles. The Bertz CT molecular complexity index is 314. The SMILES string of the molecule is O=C(C1CCN(CC2CCCOC2)CC1)N1CCCC1. The van der Waals surface area contributed by atoms with E-state index in [1.807, 2.05) is 0 Å². The molecule has 4 nitrogen and oxygen atoms in total. The zero-order chi connectivity index (χ0) is 13.8. The predicted molar refractivity (Wildman–Crippen MR) is 78.5 cm³/mol. The maximum absolute atomic E-state index is 12.4. The first-order valence-corrected chi connectivity index (χ1v) is 8.42. The normalized spacial score (nSPS) is 29.8. The second-order valence-corrected chi connectivity index (χ2v) is 6.69. The summed E-state index contributed by atoms with van der Waals surface area (Å²) >= 11 is 0. The fraction of sp³-hybridized carbons (Fsp3) is 0.938. The fourth-order valence-corrected chi connectivity index (χ4v) is 3.87. The lowest BCUT2D eigenvalue weighted by atomic mass is 9.93. The number of carbonyl (C=O) groups excluding carboxylic acids is 1. The highest BCUT2D eigenvalue weighted by molar-refractivity contribution is 5.79. The summed E-state index contributed by atoms with van der Waals surface area (Å²) in [5.41, 5.74) is 0. The molecule has 3 fully saturated rings. The summed E-state index contributed by atoms with van der Waals surface area (Å²) in [4.78, 5) is 17.0. The Kier molecular flexibility index (Phi) is 4.94. The Balaban J connectivity index is 1.40. The van der Waals surface area contributed by atoms with E-state index < -0.39 is 0 Å². The van der Waals surface area contributed by atoms with E-state index in [9.17, 15) is 4.79 Å². The van der Waals surface area contributed by atoms with Gasteiger partial charge in [0.1, 0.15) is 0 Å². The average molecular weight is 280 g/mol. The van der Waals surface area contributed by atoms with E-state index in [0.29, 0.717) is 11.8 Å². The molecule has 0 saturated carbocycles. The largest absolute Gasteiger partial charge is 0.381 e. The van der Waals surface area contributed by atoms with Crippen LogP contribution in [-0.4, -0.2) is 61.6 Å². The van der Waals surface area contributed by atoms with Crippen LogP contribution in [0.15, 0.2) is 0 Å². The van der Waals surface area contributed by atoms with Crippen molar-refractivity contribution in [1.82, 2.24) is 9.80 Å². The number of likely N-dealkylation sites (tertiary alicyclic amines) is 2. The Morgan fingerprint density at radius 3 is 2.40 bits per heavy atom. The van der Waals surface area contributed by atoms with Gasteiger partial charge in [0, 0.05) is 32.2 Å². The third-order valence-electron chi connectivity index (χ3n) is 5.13. The van der Waals surface area contributed by atoms with Crippen LogP contribution in [0.25, 0.3) is 0 Å². The summed E-state index contributed by atoms with van der Waals surface area (Å²) in [6.07, 6.45) is 7.05. The molecule has 1 atom stereocenters. The molecule has 20 heavy (non-hydrogen) atoms. The van der Waals surface area contributed by atoms with Gasteiger partial charge >= 0.3 is 0 Å². The minimum absolute atomic E-state index is 0.298. The third-order valence-corrected chi connectivity index (χ3v) is 5.13. The lowest BCUT2D eigenvalue weighted by molar-refractivity contribution is -0.136. The summed E-state index contributed by atoms with van der Waals surface area (Å²) in [7, 11) is 0. The third kappa shape index (κ3) is 3.53. The highest BCUT2D eigenvalue weighted by Crippen LogP contribution is 2.24. The molecule has 0 bridgehead atoms. The molecule has 3 rings (SSSR count). The number of piperidine rings is 1. The summed E-state index contributed by atoms with van der Waals surface area (Å²) in [6, 6.07) is 0. The van der Waals surface area contributed by atoms with Crippen LogP contribution >= 0.6 is 0 Å². The molecule has 0 aliphatic carbocycles. The zero-order valence-corrected chi connectivity index (χ0v) is 12.6. The van der Waals surface area contributed by atoms with E-state index in [2.05, 4.69) is 9.80 Å². The number of hydrogen-bond donors (Lipinski definition) is 0. The monoisotopic (exact) mass is 280 g/mol. The zero-order valence-electron chi connectivity index (χ0n) is 12.6. The first-order valence-electron chi connectivity index (χ1n) is 8.42. The van der Waals surface area contributed by atoms with Crippen molar-refractivity contribution in [1.29, 1.82) is 0 Å². The average Bonchev–Trinajstić information content (AvgIpc) is 3.03. The number of nitrogens with zero attached hydrogens (tertiary/aromatic N) is 2. The molecule has 0 radical (unpaired) electrons. The van der Waals surface area contributed by atoms with Gasteiger partial charge < -0.3 is 14.5 Å². The van der Waals surface area contributed by atoms with Crippen LogP contribution in [-0.2, 0) is 9.53 Å². The minimum Gasteiger partial charge on any atom is -0.381 e. The molecule has 114 valence electrons. The van der Waals surface area contributed by atoms with Gasteiger partial charge in [0.15, 0.2) is 0 Å². The molecule has 4 heteroatoms. The molecular weight excluding hydrogens is 252 g/mol. The lowest BCUT2D eigenvalue weighted by Crippen LogP contribution is -2.43.